The molecule has 11 heteroatoms. The van der Waals surface area contributed by atoms with Gasteiger partial charge in [0, 0.05) is 29.1 Å². The van der Waals surface area contributed by atoms with E-state index in [2.05, 4.69) is 15.8 Å². The summed E-state index contributed by atoms with van der Waals surface area (Å²) in [7, 11) is 0. The van der Waals surface area contributed by atoms with Crippen LogP contribution in [0.15, 0.2) is 53.6 Å². The Bertz CT molecular complexity index is 956. The van der Waals surface area contributed by atoms with Gasteiger partial charge in [0.15, 0.2) is 0 Å². The Morgan fingerprint density at radius 2 is 1.79 bits per heavy atom. The van der Waals surface area contributed by atoms with Gasteiger partial charge in [-0.25, -0.2) is 5.43 Å². The highest BCUT2D eigenvalue weighted by atomic mass is 19.4. The number of non-ortho nitro benzene ring substituents is 1. The molecule has 29 heavy (non-hydrogen) atoms. The zero-order valence-electron chi connectivity index (χ0n) is 15.0. The molecule has 0 bridgehead atoms. The Hall–Kier alpha value is -3.76. The van der Waals surface area contributed by atoms with Gasteiger partial charge in [-0.2, -0.15) is 18.3 Å². The van der Waals surface area contributed by atoms with Crippen LogP contribution in [0.3, 0.4) is 0 Å². The number of anilines is 1. The minimum atomic E-state index is -4.53. The average molecular weight is 408 g/mol. The van der Waals surface area contributed by atoms with Crippen LogP contribution < -0.4 is 10.7 Å². The van der Waals surface area contributed by atoms with Gasteiger partial charge >= 0.3 is 6.18 Å². The highest BCUT2D eigenvalue weighted by molar-refractivity contribution is 6.06. The number of hydrogen-bond acceptors (Lipinski definition) is 5. The van der Waals surface area contributed by atoms with Crippen LogP contribution in [-0.4, -0.2) is 22.4 Å². The van der Waals surface area contributed by atoms with Gasteiger partial charge in [0.25, 0.3) is 11.6 Å². The molecule has 2 amide bonds. The van der Waals surface area contributed by atoms with Crippen molar-refractivity contribution in [1.29, 1.82) is 0 Å². The number of nitro groups is 1. The standard InChI is InChI=1S/C18H15F3N4O4/c1-11(23-24-17(27)12-5-7-15(8-6-12)25(28)29)9-16(26)22-14-4-2-3-13(10-14)18(19,20)21/h2-8,10H,9H2,1H3,(H,22,26)(H,24,27)/b23-11+. The third-order valence-electron chi connectivity index (χ3n) is 3.58. The molecule has 8 nitrogen and oxygen atoms in total. The number of halogens is 3. The predicted octanol–water partition coefficient (Wildman–Crippen LogP) is 3.75. The lowest BCUT2D eigenvalue weighted by molar-refractivity contribution is -0.384. The van der Waals surface area contributed by atoms with Gasteiger partial charge in [-0.3, -0.25) is 19.7 Å². The van der Waals surface area contributed by atoms with E-state index in [0.29, 0.717) is 0 Å². The van der Waals surface area contributed by atoms with Crippen LogP contribution in [-0.2, 0) is 11.0 Å². The Balaban J connectivity index is 1.93. The van der Waals surface area contributed by atoms with E-state index < -0.39 is 28.5 Å². The van der Waals surface area contributed by atoms with Crippen molar-refractivity contribution in [2.45, 2.75) is 19.5 Å². The van der Waals surface area contributed by atoms with E-state index in [1.165, 1.54) is 31.2 Å². The molecule has 0 unspecified atom stereocenters. The minimum absolute atomic E-state index is 0.0208. The van der Waals surface area contributed by atoms with E-state index in [0.717, 1.165) is 24.3 Å². The topological polar surface area (TPSA) is 114 Å². The third kappa shape index (κ3) is 6.41. The van der Waals surface area contributed by atoms with Crippen molar-refractivity contribution in [2.75, 3.05) is 5.32 Å². The highest BCUT2D eigenvalue weighted by Gasteiger charge is 2.30. The number of hydrogen-bond donors (Lipinski definition) is 2. The van der Waals surface area contributed by atoms with E-state index in [1.54, 1.807) is 0 Å². The van der Waals surface area contributed by atoms with Gasteiger partial charge in [0.1, 0.15) is 0 Å². The monoisotopic (exact) mass is 408 g/mol. The molecule has 0 saturated heterocycles. The fraction of sp³-hybridized carbons (Fsp3) is 0.167. The quantitative estimate of drug-likeness (QED) is 0.430. The first-order valence-electron chi connectivity index (χ1n) is 8.11. The normalized spacial score (nSPS) is 11.7. The molecule has 0 aliphatic carbocycles. The van der Waals surface area contributed by atoms with E-state index in [-0.39, 0.29) is 29.1 Å². The molecule has 0 radical (unpaired) electrons. The molecule has 2 aromatic carbocycles. The summed E-state index contributed by atoms with van der Waals surface area (Å²) >= 11 is 0. The zero-order chi connectivity index (χ0) is 21.6. The number of carbonyl (C=O) groups excluding carboxylic acids is 2. The van der Waals surface area contributed by atoms with Crippen molar-refractivity contribution in [3.05, 3.63) is 69.8 Å². The predicted molar refractivity (Wildman–Crippen MR) is 98.4 cm³/mol. The van der Waals surface area contributed by atoms with Crippen molar-refractivity contribution >= 4 is 28.9 Å². The summed E-state index contributed by atoms with van der Waals surface area (Å²) in [6.45, 7) is 1.45. The largest absolute Gasteiger partial charge is 0.416 e. The molecular weight excluding hydrogens is 393 g/mol. The summed E-state index contributed by atoms with van der Waals surface area (Å²) in [6.07, 6.45) is -4.79. The molecule has 0 atom stereocenters. The number of amides is 2. The lowest BCUT2D eigenvalue weighted by atomic mass is 10.2. The number of hydrazone groups is 1. The second kappa shape index (κ2) is 8.95. The van der Waals surface area contributed by atoms with Crippen LogP contribution in [0.2, 0.25) is 0 Å². The van der Waals surface area contributed by atoms with Crippen molar-refractivity contribution < 1.29 is 27.7 Å². The Kier molecular flexibility index (Phi) is 6.65. The first kappa shape index (κ1) is 21.5. The summed E-state index contributed by atoms with van der Waals surface area (Å²) in [5.74, 6) is -1.26. The number of alkyl halides is 3. The van der Waals surface area contributed by atoms with Gasteiger partial charge in [0.05, 0.1) is 16.9 Å². The van der Waals surface area contributed by atoms with Crippen LogP contribution in [0.4, 0.5) is 24.5 Å². The fourth-order valence-corrected chi connectivity index (χ4v) is 2.20. The van der Waals surface area contributed by atoms with Gasteiger partial charge in [-0.15, -0.1) is 0 Å². The van der Waals surface area contributed by atoms with Crippen LogP contribution >= 0.6 is 0 Å². The molecule has 0 heterocycles. The van der Waals surface area contributed by atoms with E-state index in [9.17, 15) is 32.9 Å². The molecule has 0 spiro atoms. The zero-order valence-corrected chi connectivity index (χ0v) is 15.0. The molecule has 0 aromatic heterocycles. The Morgan fingerprint density at radius 3 is 2.38 bits per heavy atom. The van der Waals surface area contributed by atoms with Crippen LogP contribution in [0.1, 0.15) is 29.3 Å². The molecule has 0 aliphatic rings. The van der Waals surface area contributed by atoms with Crippen molar-refractivity contribution in [3.8, 4) is 0 Å². The maximum atomic E-state index is 12.7. The van der Waals surface area contributed by atoms with Gasteiger partial charge in [-0.05, 0) is 37.3 Å². The van der Waals surface area contributed by atoms with Crippen LogP contribution in [0, 0.1) is 10.1 Å². The average Bonchev–Trinajstić information content (AvgIpc) is 2.65. The lowest BCUT2D eigenvalue weighted by Crippen LogP contribution is -2.21. The maximum absolute atomic E-state index is 12.7. The Morgan fingerprint density at radius 1 is 1.14 bits per heavy atom. The SMILES string of the molecule is C/C(CC(=O)Nc1cccc(C(F)(F)F)c1)=N\NC(=O)c1ccc([N+](=O)[O-])cc1. The number of carbonyl (C=O) groups is 2. The van der Waals surface area contributed by atoms with Crippen molar-refractivity contribution in [1.82, 2.24) is 5.43 Å². The summed E-state index contributed by atoms with van der Waals surface area (Å²) in [5, 5.41) is 16.7. The number of nitrogens with zero attached hydrogens (tertiary/aromatic N) is 2. The second-order valence-electron chi connectivity index (χ2n) is 5.90. The molecule has 2 N–H and O–H groups in total. The minimum Gasteiger partial charge on any atom is -0.326 e. The van der Waals surface area contributed by atoms with E-state index in [1.807, 2.05) is 0 Å². The molecule has 2 rings (SSSR count). The molecule has 0 fully saturated rings. The summed E-state index contributed by atoms with van der Waals surface area (Å²) < 4.78 is 38.1. The number of nitrogens with one attached hydrogen (secondary N) is 2. The molecule has 2 aromatic rings. The van der Waals surface area contributed by atoms with Gasteiger partial charge in [-0.1, -0.05) is 6.07 Å². The van der Waals surface area contributed by atoms with Gasteiger partial charge < -0.3 is 5.32 Å². The van der Waals surface area contributed by atoms with Crippen LogP contribution in [0.25, 0.3) is 0 Å². The summed E-state index contributed by atoms with van der Waals surface area (Å²) in [4.78, 5) is 33.9. The first-order chi connectivity index (χ1) is 13.6. The summed E-state index contributed by atoms with van der Waals surface area (Å²) in [6, 6.07) is 9.00. The van der Waals surface area contributed by atoms with Crippen LogP contribution in [0.5, 0.6) is 0 Å². The molecule has 152 valence electrons. The van der Waals surface area contributed by atoms with Crippen molar-refractivity contribution in [2.24, 2.45) is 5.10 Å². The number of benzene rings is 2. The van der Waals surface area contributed by atoms with E-state index in [4.69, 9.17) is 0 Å². The Labute approximate surface area is 162 Å². The molecule has 0 saturated carbocycles. The maximum Gasteiger partial charge on any atom is 0.416 e. The lowest BCUT2D eigenvalue weighted by Gasteiger charge is -2.10. The fourth-order valence-electron chi connectivity index (χ4n) is 2.20. The highest BCUT2D eigenvalue weighted by Crippen LogP contribution is 2.30. The molecule has 0 aliphatic heterocycles. The number of nitro benzene ring substituents is 1. The molecular formula is C18H15F3N4O4. The second-order valence-corrected chi connectivity index (χ2v) is 5.90. The summed E-state index contributed by atoms with van der Waals surface area (Å²) in [5.41, 5.74) is 1.43. The van der Waals surface area contributed by atoms with Gasteiger partial charge in [0.2, 0.25) is 5.91 Å². The third-order valence-corrected chi connectivity index (χ3v) is 3.58. The van der Waals surface area contributed by atoms with E-state index >= 15 is 0 Å². The number of rotatable bonds is 6. The first-order valence-corrected chi connectivity index (χ1v) is 8.11. The smallest absolute Gasteiger partial charge is 0.326 e. The van der Waals surface area contributed by atoms with Crippen molar-refractivity contribution in [3.63, 3.8) is 0 Å².